The topological polar surface area (TPSA) is 105 Å². The number of hydrogen-bond donors (Lipinski definition) is 3. The van der Waals surface area contributed by atoms with Crippen LogP contribution in [-0.2, 0) is 4.57 Å². The maximum atomic E-state index is 10.9. The fourth-order valence-corrected chi connectivity index (χ4v) is 2.78. The average molecular weight is 415 g/mol. The Bertz CT molecular complexity index is 987. The van der Waals surface area contributed by atoms with Gasteiger partial charge in [0, 0.05) is 12.6 Å². The van der Waals surface area contributed by atoms with Crippen LogP contribution in [0, 0.1) is 6.92 Å². The maximum absolute atomic E-state index is 10.9. The molecule has 0 fully saturated rings. The van der Waals surface area contributed by atoms with Crippen LogP contribution in [0.1, 0.15) is 5.56 Å². The van der Waals surface area contributed by atoms with Gasteiger partial charge in [-0.15, -0.1) is 0 Å². The summed E-state index contributed by atoms with van der Waals surface area (Å²) in [6.07, 6.45) is -0.444. The van der Waals surface area contributed by atoms with Gasteiger partial charge < -0.3 is 14.6 Å². The highest BCUT2D eigenvalue weighted by atomic mass is 31.2. The quantitative estimate of drug-likeness (QED) is 0.541. The van der Waals surface area contributed by atoms with Gasteiger partial charge in [-0.1, -0.05) is 60.7 Å². The SMILES string of the molecule is CNC(=O)Oc1cccc(C)c1.O=P(O)(O)Oc1ccccc1-c1ccccc1. The number of carbonyl (C=O) groups excluding carboxylic acids is 1. The summed E-state index contributed by atoms with van der Waals surface area (Å²) in [5.41, 5.74) is 2.56. The van der Waals surface area contributed by atoms with E-state index in [1.165, 1.54) is 13.1 Å². The van der Waals surface area contributed by atoms with E-state index in [0.717, 1.165) is 11.1 Å². The van der Waals surface area contributed by atoms with Crippen LogP contribution in [-0.4, -0.2) is 22.9 Å². The van der Waals surface area contributed by atoms with Crippen LogP contribution in [0.15, 0.2) is 78.9 Å². The van der Waals surface area contributed by atoms with Crippen molar-refractivity contribution in [2.75, 3.05) is 7.05 Å². The lowest BCUT2D eigenvalue weighted by molar-refractivity contribution is 0.203. The number of carbonyl (C=O) groups is 1. The lowest BCUT2D eigenvalue weighted by atomic mass is 10.1. The van der Waals surface area contributed by atoms with Crippen LogP contribution in [0.25, 0.3) is 11.1 Å². The van der Waals surface area contributed by atoms with Crippen molar-refractivity contribution < 1.29 is 28.4 Å². The average Bonchev–Trinajstić information content (AvgIpc) is 2.68. The van der Waals surface area contributed by atoms with Crippen molar-refractivity contribution in [1.29, 1.82) is 0 Å². The molecular formula is C21H22NO6P. The molecule has 3 aromatic rings. The molecule has 3 N–H and O–H groups in total. The number of amides is 1. The van der Waals surface area contributed by atoms with E-state index in [-0.39, 0.29) is 5.75 Å². The number of nitrogens with one attached hydrogen (secondary N) is 1. The monoisotopic (exact) mass is 415 g/mol. The van der Waals surface area contributed by atoms with Crippen LogP contribution in [0.2, 0.25) is 0 Å². The second-order valence-electron chi connectivity index (χ2n) is 5.90. The van der Waals surface area contributed by atoms with Gasteiger partial charge in [0.15, 0.2) is 0 Å². The van der Waals surface area contributed by atoms with E-state index in [0.29, 0.717) is 11.3 Å². The first-order chi connectivity index (χ1) is 13.8. The zero-order valence-corrected chi connectivity index (χ0v) is 16.9. The van der Waals surface area contributed by atoms with E-state index in [9.17, 15) is 9.36 Å². The Labute approximate surface area is 169 Å². The molecule has 0 heterocycles. The third kappa shape index (κ3) is 7.79. The molecule has 0 bridgehead atoms. The fourth-order valence-electron chi connectivity index (χ4n) is 2.37. The van der Waals surface area contributed by atoms with Crippen molar-refractivity contribution in [3.05, 3.63) is 84.4 Å². The largest absolute Gasteiger partial charge is 0.524 e. The first-order valence-electron chi connectivity index (χ1n) is 8.64. The first kappa shape index (κ1) is 22.2. The Hall–Kier alpha value is -3.12. The molecule has 3 rings (SSSR count). The van der Waals surface area contributed by atoms with Crippen molar-refractivity contribution in [2.45, 2.75) is 6.92 Å². The molecule has 8 heteroatoms. The molecule has 0 aliphatic carbocycles. The van der Waals surface area contributed by atoms with Gasteiger partial charge in [0.1, 0.15) is 11.5 Å². The summed E-state index contributed by atoms with van der Waals surface area (Å²) in [5, 5.41) is 2.37. The number of rotatable bonds is 4. The molecule has 0 aliphatic heterocycles. The highest BCUT2D eigenvalue weighted by Gasteiger charge is 2.18. The van der Waals surface area contributed by atoms with Crippen LogP contribution in [0.4, 0.5) is 4.79 Å². The van der Waals surface area contributed by atoms with Gasteiger partial charge in [-0.3, -0.25) is 9.79 Å². The first-order valence-corrected chi connectivity index (χ1v) is 10.2. The third-order valence-corrected chi connectivity index (χ3v) is 4.03. The normalized spacial score (nSPS) is 10.3. The van der Waals surface area contributed by atoms with E-state index in [1.807, 2.05) is 49.4 Å². The van der Waals surface area contributed by atoms with Crippen molar-refractivity contribution in [3.8, 4) is 22.6 Å². The second-order valence-corrected chi connectivity index (χ2v) is 7.06. The highest BCUT2D eigenvalue weighted by molar-refractivity contribution is 7.46. The smallest absolute Gasteiger partial charge is 0.410 e. The predicted molar refractivity (Wildman–Crippen MR) is 111 cm³/mol. The molecule has 7 nitrogen and oxygen atoms in total. The highest BCUT2D eigenvalue weighted by Crippen LogP contribution is 2.41. The summed E-state index contributed by atoms with van der Waals surface area (Å²) in [6.45, 7) is 1.94. The molecule has 152 valence electrons. The minimum Gasteiger partial charge on any atom is -0.410 e. The van der Waals surface area contributed by atoms with E-state index >= 15 is 0 Å². The zero-order valence-electron chi connectivity index (χ0n) is 16.0. The molecule has 0 radical (unpaired) electrons. The molecule has 0 saturated carbocycles. The molecule has 0 atom stereocenters. The number of phosphoric acid groups is 1. The summed E-state index contributed by atoms with van der Waals surface area (Å²) in [4.78, 5) is 28.4. The van der Waals surface area contributed by atoms with E-state index in [4.69, 9.17) is 14.5 Å². The van der Waals surface area contributed by atoms with Crippen molar-refractivity contribution in [3.63, 3.8) is 0 Å². The number of para-hydroxylation sites is 1. The molecular weight excluding hydrogens is 393 g/mol. The number of hydrogen-bond acceptors (Lipinski definition) is 4. The molecule has 0 spiro atoms. The lowest BCUT2D eigenvalue weighted by Crippen LogP contribution is -2.21. The summed E-state index contributed by atoms with van der Waals surface area (Å²) in [5.74, 6) is 0.737. The molecule has 1 amide bonds. The van der Waals surface area contributed by atoms with Gasteiger partial charge in [0.25, 0.3) is 0 Å². The van der Waals surface area contributed by atoms with Gasteiger partial charge in [-0.25, -0.2) is 9.36 Å². The Kier molecular flexibility index (Phi) is 7.98. The van der Waals surface area contributed by atoms with Crippen LogP contribution in [0.5, 0.6) is 11.5 Å². The molecule has 0 aromatic heterocycles. The standard InChI is InChI=1S/C12H11O4P.C9H11NO2/c13-17(14,15)16-12-9-5-4-8-11(12)10-6-2-1-3-7-10;1-7-4-3-5-8(6-7)12-9(11)10-2/h1-9H,(H2,13,14,15);3-6H,1-2H3,(H,10,11). The van der Waals surface area contributed by atoms with Crippen LogP contribution < -0.4 is 14.6 Å². The zero-order chi connectivity index (χ0) is 21.3. The Morgan fingerprint density at radius 2 is 1.59 bits per heavy atom. The van der Waals surface area contributed by atoms with Gasteiger partial charge in [0.2, 0.25) is 0 Å². The van der Waals surface area contributed by atoms with Crippen molar-refractivity contribution >= 4 is 13.9 Å². The number of aryl methyl sites for hydroxylation is 1. The minimum absolute atomic E-state index is 0.173. The number of phosphoric ester groups is 1. The Morgan fingerprint density at radius 1 is 0.931 bits per heavy atom. The second kappa shape index (κ2) is 10.4. The van der Waals surface area contributed by atoms with Crippen molar-refractivity contribution in [2.24, 2.45) is 0 Å². The van der Waals surface area contributed by atoms with Gasteiger partial charge in [-0.2, -0.15) is 0 Å². The summed E-state index contributed by atoms with van der Waals surface area (Å²) in [6, 6.07) is 23.3. The lowest BCUT2D eigenvalue weighted by Gasteiger charge is -2.11. The summed E-state index contributed by atoms with van der Waals surface area (Å²) < 4.78 is 20.4. The maximum Gasteiger partial charge on any atom is 0.524 e. The van der Waals surface area contributed by atoms with Gasteiger partial charge in [0.05, 0.1) is 0 Å². The van der Waals surface area contributed by atoms with Crippen molar-refractivity contribution in [1.82, 2.24) is 5.32 Å². The fraction of sp³-hybridized carbons (Fsp3) is 0.0952. The molecule has 3 aromatic carbocycles. The number of ether oxygens (including phenoxy) is 1. The Balaban J connectivity index is 0.000000221. The van der Waals surface area contributed by atoms with E-state index in [2.05, 4.69) is 9.84 Å². The van der Waals surface area contributed by atoms with E-state index in [1.54, 1.807) is 30.3 Å². The molecule has 0 saturated heterocycles. The summed E-state index contributed by atoms with van der Waals surface area (Å²) in [7, 11) is -3.01. The molecule has 0 aliphatic rings. The van der Waals surface area contributed by atoms with E-state index < -0.39 is 13.9 Å². The molecule has 0 unspecified atom stereocenters. The predicted octanol–water partition coefficient (Wildman–Crippen LogP) is 4.54. The molecule has 29 heavy (non-hydrogen) atoms. The van der Waals surface area contributed by atoms with Gasteiger partial charge in [-0.05, 0) is 36.2 Å². The third-order valence-electron chi connectivity index (χ3n) is 3.59. The minimum atomic E-state index is -4.53. The van der Waals surface area contributed by atoms with Crippen LogP contribution >= 0.6 is 7.82 Å². The Morgan fingerprint density at radius 3 is 2.21 bits per heavy atom. The van der Waals surface area contributed by atoms with Gasteiger partial charge >= 0.3 is 13.9 Å². The number of benzene rings is 3. The summed E-state index contributed by atoms with van der Waals surface area (Å²) >= 11 is 0. The van der Waals surface area contributed by atoms with Crippen LogP contribution in [0.3, 0.4) is 0 Å².